The minimum atomic E-state index is -2.64. The topological polar surface area (TPSA) is 107 Å². The Kier molecular flexibility index (Phi) is 8.55. The second-order valence-electron chi connectivity index (χ2n) is 8.19. The van der Waals surface area contributed by atoms with Gasteiger partial charge in [-0.1, -0.05) is 6.92 Å². The zero-order chi connectivity index (χ0) is 25.7. The molecule has 0 radical (unpaired) electrons. The number of aromatic nitrogens is 3. The highest BCUT2D eigenvalue weighted by atomic mass is 19.3. The smallest absolute Gasteiger partial charge is 0.318 e. The first kappa shape index (κ1) is 26.3. The highest BCUT2D eigenvalue weighted by molar-refractivity contribution is 5.96. The molecule has 190 valence electrons. The maximum absolute atomic E-state index is 16.1. The lowest BCUT2D eigenvalue weighted by atomic mass is 9.95. The van der Waals surface area contributed by atoms with Crippen LogP contribution in [-0.4, -0.2) is 54.7 Å². The normalized spacial score (nSPS) is 12.3. The Morgan fingerprint density at radius 3 is 2.51 bits per heavy atom. The number of hydrogen-bond donors (Lipinski definition) is 3. The number of ether oxygens (including phenoxy) is 2. The van der Waals surface area contributed by atoms with Crippen molar-refractivity contribution in [1.29, 1.82) is 0 Å². The summed E-state index contributed by atoms with van der Waals surface area (Å²) in [7, 11) is 3.17. The van der Waals surface area contributed by atoms with Crippen LogP contribution < -0.4 is 25.8 Å². The molecule has 1 unspecified atom stereocenters. The van der Waals surface area contributed by atoms with Crippen LogP contribution in [0.5, 0.6) is 11.9 Å². The van der Waals surface area contributed by atoms with Gasteiger partial charge >= 0.3 is 6.01 Å². The first-order valence-electron chi connectivity index (χ1n) is 11.4. The van der Waals surface area contributed by atoms with Crippen molar-refractivity contribution < 1.29 is 22.6 Å². The molecule has 0 aliphatic rings. The quantitative estimate of drug-likeness (QED) is 0.268. The van der Waals surface area contributed by atoms with Crippen LogP contribution in [-0.2, 0) is 6.42 Å². The summed E-state index contributed by atoms with van der Waals surface area (Å²) in [6, 6.07) is 2.96. The van der Waals surface area contributed by atoms with Crippen LogP contribution in [0.2, 0.25) is 0 Å². The molecule has 0 spiro atoms. The summed E-state index contributed by atoms with van der Waals surface area (Å²) in [5, 5.41) is 6.39. The maximum Gasteiger partial charge on any atom is 0.318 e. The van der Waals surface area contributed by atoms with E-state index in [-0.39, 0.29) is 51.5 Å². The number of likely N-dealkylation sites (N-methyl/N-ethyl adjacent to an activating group) is 1. The summed E-state index contributed by atoms with van der Waals surface area (Å²) in [6.07, 6.45) is -2.82. The molecule has 0 aliphatic heterocycles. The summed E-state index contributed by atoms with van der Waals surface area (Å²) < 4.78 is 54.2. The monoisotopic (exact) mass is 492 g/mol. The fraction of sp³-hybridized carbons (Fsp3) is 0.458. The Balaban J connectivity index is 2.37. The van der Waals surface area contributed by atoms with Crippen LogP contribution in [0.25, 0.3) is 22.2 Å². The average molecular weight is 493 g/mol. The van der Waals surface area contributed by atoms with E-state index in [4.69, 9.17) is 15.2 Å². The summed E-state index contributed by atoms with van der Waals surface area (Å²) >= 11 is 0. The molecule has 4 N–H and O–H groups in total. The third-order valence-corrected chi connectivity index (χ3v) is 5.58. The zero-order valence-electron chi connectivity index (χ0n) is 20.5. The molecule has 0 saturated carbocycles. The summed E-state index contributed by atoms with van der Waals surface area (Å²) in [4.78, 5) is 13.0. The van der Waals surface area contributed by atoms with Crippen LogP contribution in [0.1, 0.15) is 31.4 Å². The van der Waals surface area contributed by atoms with Crippen molar-refractivity contribution >= 4 is 22.4 Å². The molecule has 0 aliphatic carbocycles. The Labute approximate surface area is 202 Å². The second kappa shape index (κ2) is 11.4. The van der Waals surface area contributed by atoms with Crippen molar-refractivity contribution in [3.8, 4) is 23.1 Å². The van der Waals surface area contributed by atoms with Crippen LogP contribution in [0, 0.1) is 12.7 Å². The molecule has 2 aromatic heterocycles. The van der Waals surface area contributed by atoms with Gasteiger partial charge in [0.25, 0.3) is 0 Å². The minimum Gasteiger partial charge on any atom is -0.474 e. The SMILES string of the molecule is CCC(C)Oc1nc(-c2cc(N)cc(C)c2CC(F)F)c(F)c2nc(OC)nc(NCCNC)c12. The number of benzene rings is 1. The van der Waals surface area contributed by atoms with Crippen LogP contribution >= 0.6 is 0 Å². The number of anilines is 2. The molecule has 35 heavy (non-hydrogen) atoms. The molecule has 0 amide bonds. The second-order valence-corrected chi connectivity index (χ2v) is 8.19. The number of rotatable bonds is 11. The fourth-order valence-corrected chi connectivity index (χ4v) is 3.66. The van der Waals surface area contributed by atoms with E-state index in [1.54, 1.807) is 20.0 Å². The fourth-order valence-electron chi connectivity index (χ4n) is 3.66. The molecule has 0 fully saturated rings. The number of nitrogens with one attached hydrogen (secondary N) is 2. The number of pyridine rings is 1. The Morgan fingerprint density at radius 1 is 1.14 bits per heavy atom. The molecular formula is C24H31F3N6O2. The first-order valence-corrected chi connectivity index (χ1v) is 11.4. The summed E-state index contributed by atoms with van der Waals surface area (Å²) in [5.74, 6) is -0.437. The van der Waals surface area contributed by atoms with Gasteiger partial charge in [-0.25, -0.2) is 18.2 Å². The number of nitrogens with two attached hydrogens (primary N) is 1. The minimum absolute atomic E-state index is 0.0634. The van der Waals surface area contributed by atoms with E-state index in [0.29, 0.717) is 30.8 Å². The molecule has 8 nitrogen and oxygen atoms in total. The third-order valence-electron chi connectivity index (χ3n) is 5.58. The number of halogens is 3. The average Bonchev–Trinajstić information content (AvgIpc) is 2.82. The maximum atomic E-state index is 16.1. The molecule has 1 aromatic carbocycles. The predicted octanol–water partition coefficient (Wildman–Crippen LogP) is 4.35. The van der Waals surface area contributed by atoms with E-state index >= 15 is 4.39 Å². The lowest BCUT2D eigenvalue weighted by molar-refractivity contribution is 0.149. The lowest BCUT2D eigenvalue weighted by Gasteiger charge is -2.20. The van der Waals surface area contributed by atoms with Gasteiger partial charge in [-0.3, -0.25) is 0 Å². The van der Waals surface area contributed by atoms with Gasteiger partial charge in [0.2, 0.25) is 12.3 Å². The molecule has 1 atom stereocenters. The number of methoxy groups -OCH3 is 1. The number of nitrogen functional groups attached to an aromatic ring is 1. The molecular weight excluding hydrogens is 461 g/mol. The van der Waals surface area contributed by atoms with Gasteiger partial charge < -0.3 is 25.8 Å². The van der Waals surface area contributed by atoms with Gasteiger partial charge in [0.05, 0.1) is 13.2 Å². The Morgan fingerprint density at radius 2 is 1.89 bits per heavy atom. The van der Waals surface area contributed by atoms with Gasteiger partial charge in [0, 0.05) is 30.8 Å². The van der Waals surface area contributed by atoms with E-state index in [2.05, 4.69) is 25.6 Å². The Hall–Kier alpha value is -3.34. The number of aryl methyl sites for hydroxylation is 1. The summed E-state index contributed by atoms with van der Waals surface area (Å²) in [6.45, 7) is 6.53. The molecule has 11 heteroatoms. The number of fused-ring (bicyclic) bond motifs is 1. The largest absolute Gasteiger partial charge is 0.474 e. The molecule has 0 bridgehead atoms. The third kappa shape index (κ3) is 5.84. The van der Waals surface area contributed by atoms with Gasteiger partial charge in [0.15, 0.2) is 5.82 Å². The van der Waals surface area contributed by atoms with Crippen LogP contribution in [0.15, 0.2) is 12.1 Å². The van der Waals surface area contributed by atoms with E-state index in [1.165, 1.54) is 13.2 Å². The number of alkyl halides is 2. The van der Waals surface area contributed by atoms with Crippen LogP contribution in [0.3, 0.4) is 0 Å². The highest BCUT2D eigenvalue weighted by Gasteiger charge is 2.26. The predicted molar refractivity (Wildman–Crippen MR) is 131 cm³/mol. The molecule has 2 heterocycles. The van der Waals surface area contributed by atoms with Crippen LogP contribution in [0.4, 0.5) is 24.7 Å². The van der Waals surface area contributed by atoms with Crippen molar-refractivity contribution in [2.75, 3.05) is 38.3 Å². The highest BCUT2D eigenvalue weighted by Crippen LogP contribution is 2.39. The van der Waals surface area contributed by atoms with E-state index in [9.17, 15) is 8.78 Å². The number of hydrogen-bond acceptors (Lipinski definition) is 8. The zero-order valence-corrected chi connectivity index (χ0v) is 20.5. The van der Waals surface area contributed by atoms with Gasteiger partial charge in [-0.2, -0.15) is 9.97 Å². The van der Waals surface area contributed by atoms with Gasteiger partial charge in [0.1, 0.15) is 22.4 Å². The van der Waals surface area contributed by atoms with Crippen molar-refractivity contribution in [2.45, 2.75) is 46.1 Å². The van der Waals surface area contributed by atoms with Crippen molar-refractivity contribution in [3.05, 3.63) is 29.1 Å². The Bertz CT molecular complexity index is 1190. The van der Waals surface area contributed by atoms with Crippen molar-refractivity contribution in [2.24, 2.45) is 0 Å². The lowest BCUT2D eigenvalue weighted by Crippen LogP contribution is -2.19. The molecule has 0 saturated heterocycles. The number of nitrogens with zero attached hydrogens (tertiary/aromatic N) is 3. The van der Waals surface area contributed by atoms with E-state index < -0.39 is 18.7 Å². The van der Waals surface area contributed by atoms with E-state index in [1.807, 2.05) is 13.8 Å². The molecule has 3 rings (SSSR count). The van der Waals surface area contributed by atoms with Crippen molar-refractivity contribution in [3.63, 3.8) is 0 Å². The van der Waals surface area contributed by atoms with Gasteiger partial charge in [-0.15, -0.1) is 0 Å². The first-order chi connectivity index (χ1) is 16.7. The standard InChI is InChI=1S/C24H31F3N6O2/c1-6-13(3)35-23-18-21(32-24(34-5)33-22(18)30-8-7-29-4)19(27)20(31-23)16-10-14(28)9-12(2)15(16)11-17(25)26/h9-10,13,17,29H,6-8,11,28H2,1-5H3,(H,30,32,33). The van der Waals surface area contributed by atoms with Gasteiger partial charge in [-0.05, 0) is 50.6 Å². The summed E-state index contributed by atoms with van der Waals surface area (Å²) in [5.41, 5.74) is 6.96. The molecule has 3 aromatic rings. The van der Waals surface area contributed by atoms with E-state index in [0.717, 1.165) is 0 Å². The van der Waals surface area contributed by atoms with Crippen molar-refractivity contribution in [1.82, 2.24) is 20.3 Å².